The van der Waals surface area contributed by atoms with Crippen LogP contribution in [0.1, 0.15) is 5.89 Å². The maximum atomic E-state index is 11.6. The van der Waals surface area contributed by atoms with Gasteiger partial charge >= 0.3 is 5.63 Å². The van der Waals surface area contributed by atoms with Crippen molar-refractivity contribution in [3.63, 3.8) is 0 Å². The van der Waals surface area contributed by atoms with Gasteiger partial charge in [0.25, 0.3) is 0 Å². The van der Waals surface area contributed by atoms with Gasteiger partial charge < -0.3 is 4.42 Å². The van der Waals surface area contributed by atoms with Crippen LogP contribution in [0.15, 0.2) is 27.4 Å². The summed E-state index contributed by atoms with van der Waals surface area (Å²) in [6.07, 6.45) is 0. The highest BCUT2D eigenvalue weighted by atomic mass is 35.5. The summed E-state index contributed by atoms with van der Waals surface area (Å²) >= 11 is 5.92. The molecule has 5 nitrogen and oxygen atoms in total. The van der Waals surface area contributed by atoms with E-state index in [9.17, 15) is 4.79 Å². The maximum Gasteiger partial charge on any atom is 0.367 e. The van der Waals surface area contributed by atoms with Crippen LogP contribution in [-0.2, 0) is 0 Å². The number of nitrogens with zero attached hydrogens (tertiary/aromatic N) is 3. The zero-order valence-electron chi connectivity index (χ0n) is 8.77. The molecule has 0 N–H and O–H groups in total. The van der Waals surface area contributed by atoms with E-state index in [2.05, 4.69) is 15.2 Å². The van der Waals surface area contributed by atoms with Gasteiger partial charge in [-0.2, -0.15) is 0 Å². The standard InChI is InChI=1S/C11H6ClN3O2/c1-5-13-9-7-4-6(12)2-3-8(7)14-15-10(9)11(16)17-5/h2-4H,1H3. The van der Waals surface area contributed by atoms with E-state index in [0.717, 1.165) is 0 Å². The van der Waals surface area contributed by atoms with Crippen LogP contribution in [0.2, 0.25) is 5.02 Å². The van der Waals surface area contributed by atoms with Crippen molar-refractivity contribution in [2.45, 2.75) is 6.92 Å². The first-order valence-electron chi connectivity index (χ1n) is 4.88. The van der Waals surface area contributed by atoms with Gasteiger partial charge in [0.1, 0.15) is 5.52 Å². The van der Waals surface area contributed by atoms with Crippen molar-refractivity contribution < 1.29 is 4.42 Å². The van der Waals surface area contributed by atoms with Gasteiger partial charge in [0.2, 0.25) is 0 Å². The zero-order chi connectivity index (χ0) is 12.0. The van der Waals surface area contributed by atoms with E-state index >= 15 is 0 Å². The molecular formula is C11H6ClN3O2. The minimum Gasteiger partial charge on any atom is -0.407 e. The fraction of sp³-hybridized carbons (Fsp3) is 0.0909. The molecule has 3 aromatic rings. The third-order valence-electron chi connectivity index (χ3n) is 2.40. The molecule has 2 heterocycles. The first kappa shape index (κ1) is 10.2. The van der Waals surface area contributed by atoms with E-state index in [0.29, 0.717) is 21.4 Å². The lowest BCUT2D eigenvalue weighted by Crippen LogP contribution is -2.06. The lowest BCUT2D eigenvalue weighted by atomic mass is 10.2. The maximum absolute atomic E-state index is 11.6. The summed E-state index contributed by atoms with van der Waals surface area (Å²) < 4.78 is 4.87. The zero-order valence-corrected chi connectivity index (χ0v) is 9.52. The summed E-state index contributed by atoms with van der Waals surface area (Å²) in [6.45, 7) is 1.61. The van der Waals surface area contributed by atoms with Gasteiger partial charge in [-0.25, -0.2) is 9.78 Å². The molecule has 0 amide bonds. The van der Waals surface area contributed by atoms with Crippen LogP contribution < -0.4 is 5.63 Å². The number of aromatic nitrogens is 3. The second-order valence-electron chi connectivity index (χ2n) is 3.58. The molecule has 0 radical (unpaired) electrons. The van der Waals surface area contributed by atoms with E-state index in [1.807, 2.05) is 0 Å². The van der Waals surface area contributed by atoms with Crippen LogP contribution in [-0.4, -0.2) is 15.2 Å². The summed E-state index contributed by atoms with van der Waals surface area (Å²) in [5.41, 5.74) is 0.679. The van der Waals surface area contributed by atoms with Crippen LogP contribution in [0.25, 0.3) is 21.9 Å². The molecule has 1 aromatic carbocycles. The molecule has 0 unspecified atom stereocenters. The molecule has 0 bridgehead atoms. The van der Waals surface area contributed by atoms with Gasteiger partial charge in [0, 0.05) is 17.3 Å². The number of hydrogen-bond acceptors (Lipinski definition) is 5. The van der Waals surface area contributed by atoms with E-state index < -0.39 is 5.63 Å². The Morgan fingerprint density at radius 3 is 2.88 bits per heavy atom. The third-order valence-corrected chi connectivity index (χ3v) is 2.63. The lowest BCUT2D eigenvalue weighted by Gasteiger charge is -2.01. The predicted molar refractivity (Wildman–Crippen MR) is 63.1 cm³/mol. The van der Waals surface area contributed by atoms with E-state index in [1.165, 1.54) is 0 Å². The molecule has 0 spiro atoms. The number of rotatable bonds is 0. The van der Waals surface area contributed by atoms with E-state index in [4.69, 9.17) is 16.0 Å². The Hall–Kier alpha value is -2.01. The summed E-state index contributed by atoms with van der Waals surface area (Å²) in [5, 5.41) is 9.00. The lowest BCUT2D eigenvalue weighted by molar-refractivity contribution is 0.465. The largest absolute Gasteiger partial charge is 0.407 e. The van der Waals surface area contributed by atoms with Crippen molar-refractivity contribution >= 4 is 33.5 Å². The minimum atomic E-state index is -0.540. The monoisotopic (exact) mass is 247 g/mol. The van der Waals surface area contributed by atoms with E-state index in [1.54, 1.807) is 25.1 Å². The van der Waals surface area contributed by atoms with Crippen molar-refractivity contribution in [3.05, 3.63) is 39.5 Å². The van der Waals surface area contributed by atoms with Gasteiger partial charge in [-0.1, -0.05) is 11.6 Å². The molecule has 3 rings (SSSR count). The van der Waals surface area contributed by atoms with Gasteiger partial charge in [-0.05, 0) is 18.2 Å². The highest BCUT2D eigenvalue weighted by Crippen LogP contribution is 2.22. The van der Waals surface area contributed by atoms with Crippen molar-refractivity contribution in [1.29, 1.82) is 0 Å². The Labute approximate surface area is 100 Å². The Bertz CT molecular complexity index is 798. The Kier molecular flexibility index (Phi) is 2.09. The number of fused-ring (bicyclic) bond motifs is 3. The van der Waals surface area contributed by atoms with Crippen LogP contribution in [0.5, 0.6) is 0 Å². The molecule has 2 aromatic heterocycles. The minimum absolute atomic E-state index is 0.116. The van der Waals surface area contributed by atoms with Gasteiger partial charge in [-0.15, -0.1) is 10.2 Å². The van der Waals surface area contributed by atoms with Gasteiger partial charge in [-0.3, -0.25) is 0 Å². The van der Waals surface area contributed by atoms with E-state index in [-0.39, 0.29) is 11.4 Å². The molecule has 0 aliphatic rings. The second-order valence-corrected chi connectivity index (χ2v) is 4.02. The molecule has 17 heavy (non-hydrogen) atoms. The highest BCUT2D eigenvalue weighted by Gasteiger charge is 2.10. The Morgan fingerprint density at radius 2 is 2.06 bits per heavy atom. The van der Waals surface area contributed by atoms with Crippen LogP contribution >= 0.6 is 11.6 Å². The normalized spacial score (nSPS) is 11.2. The summed E-state index contributed by atoms with van der Waals surface area (Å²) in [6, 6.07) is 5.15. The van der Waals surface area contributed by atoms with Crippen molar-refractivity contribution in [3.8, 4) is 0 Å². The molecule has 0 aliphatic heterocycles. The molecule has 0 fully saturated rings. The second kappa shape index (κ2) is 3.49. The molecule has 6 heteroatoms. The van der Waals surface area contributed by atoms with Crippen LogP contribution in [0.3, 0.4) is 0 Å². The van der Waals surface area contributed by atoms with Crippen molar-refractivity contribution in [2.75, 3.05) is 0 Å². The summed E-state index contributed by atoms with van der Waals surface area (Å²) in [4.78, 5) is 15.8. The molecule has 84 valence electrons. The first-order chi connectivity index (χ1) is 8.15. The average molecular weight is 248 g/mol. The van der Waals surface area contributed by atoms with Crippen molar-refractivity contribution in [1.82, 2.24) is 15.2 Å². The molecule has 0 atom stereocenters. The SMILES string of the molecule is Cc1nc2c(nnc3ccc(Cl)cc32)c(=O)o1. The average Bonchev–Trinajstić information content (AvgIpc) is 2.28. The first-order valence-corrected chi connectivity index (χ1v) is 5.26. The van der Waals surface area contributed by atoms with Gasteiger partial charge in [0.05, 0.1) is 5.52 Å². The topological polar surface area (TPSA) is 68.9 Å². The Balaban J connectivity index is 2.62. The number of aryl methyl sites for hydroxylation is 1. The fourth-order valence-corrected chi connectivity index (χ4v) is 1.85. The van der Waals surface area contributed by atoms with Gasteiger partial charge in [0.15, 0.2) is 11.4 Å². The number of halogens is 1. The molecule has 0 saturated heterocycles. The number of benzene rings is 1. The van der Waals surface area contributed by atoms with Crippen LogP contribution in [0.4, 0.5) is 0 Å². The third kappa shape index (κ3) is 1.55. The summed E-state index contributed by atoms with van der Waals surface area (Å²) in [5.74, 6) is 0.289. The predicted octanol–water partition coefficient (Wildman–Crippen LogP) is 2.09. The summed E-state index contributed by atoms with van der Waals surface area (Å²) in [7, 11) is 0. The quantitative estimate of drug-likeness (QED) is 0.569. The highest BCUT2D eigenvalue weighted by molar-refractivity contribution is 6.31. The molecular weight excluding hydrogens is 242 g/mol. The smallest absolute Gasteiger partial charge is 0.367 e. The Morgan fingerprint density at radius 1 is 1.24 bits per heavy atom. The van der Waals surface area contributed by atoms with Crippen LogP contribution in [0, 0.1) is 6.92 Å². The number of hydrogen-bond donors (Lipinski definition) is 0. The molecule has 0 saturated carbocycles. The fourth-order valence-electron chi connectivity index (χ4n) is 1.68. The van der Waals surface area contributed by atoms with Crippen molar-refractivity contribution in [2.24, 2.45) is 0 Å². The molecule has 0 aliphatic carbocycles.